The van der Waals surface area contributed by atoms with Crippen molar-refractivity contribution < 1.29 is 18.6 Å². The van der Waals surface area contributed by atoms with Crippen LogP contribution in [0.4, 0.5) is 8.78 Å². The van der Waals surface area contributed by atoms with Gasteiger partial charge in [-0.05, 0) is 6.08 Å². The van der Waals surface area contributed by atoms with E-state index in [1.165, 1.54) is 0 Å². The molecule has 0 aliphatic heterocycles. The monoisotopic (exact) mass is 162 g/mol. The van der Waals surface area contributed by atoms with Crippen LogP contribution in [0.25, 0.3) is 0 Å². The number of aliphatic hydroxyl groups is 1. The molecule has 1 N–H and O–H groups in total. The van der Waals surface area contributed by atoms with Gasteiger partial charge < -0.3 is 9.84 Å². The summed E-state index contributed by atoms with van der Waals surface area (Å²) in [5.41, 5.74) is 0. The van der Waals surface area contributed by atoms with Gasteiger partial charge in [0.05, 0.1) is 0 Å². The number of hydrogen-bond donors (Lipinski definition) is 1. The zero-order valence-corrected chi connectivity index (χ0v) is 5.76. The Balaban J connectivity index is 3.96. The second kappa shape index (κ2) is 4.49. The second-order valence-corrected chi connectivity index (χ2v) is 1.62. The van der Waals surface area contributed by atoms with Crippen LogP contribution in [0.1, 0.15) is 0 Å². The summed E-state index contributed by atoms with van der Waals surface area (Å²) in [6.45, 7) is 3.37. The summed E-state index contributed by atoms with van der Waals surface area (Å²) in [6.07, 6.45) is 2.03. The molecule has 0 bridgehead atoms. The molecule has 0 atom stereocenters. The van der Waals surface area contributed by atoms with Gasteiger partial charge in [-0.1, -0.05) is 13.2 Å². The third-order valence-corrected chi connectivity index (χ3v) is 0.758. The van der Waals surface area contributed by atoms with Gasteiger partial charge in [-0.25, -0.2) is 0 Å². The molecule has 0 saturated carbocycles. The molecule has 0 aromatic heterocycles. The Morgan fingerprint density at radius 2 is 2.09 bits per heavy atom. The van der Waals surface area contributed by atoms with Crippen molar-refractivity contribution in [2.75, 3.05) is 0 Å². The van der Waals surface area contributed by atoms with Gasteiger partial charge in [-0.3, -0.25) is 0 Å². The van der Waals surface area contributed by atoms with E-state index in [-0.39, 0.29) is 11.5 Å². The largest absolute Gasteiger partial charge is 0.508 e. The lowest BCUT2D eigenvalue weighted by Crippen LogP contribution is -1.96. The van der Waals surface area contributed by atoms with Gasteiger partial charge >= 0.3 is 6.61 Å². The van der Waals surface area contributed by atoms with E-state index in [2.05, 4.69) is 17.9 Å². The molecular formula is C7H8F2O2. The molecule has 0 amide bonds. The van der Waals surface area contributed by atoms with E-state index >= 15 is 0 Å². The molecule has 0 unspecified atom stereocenters. The predicted molar refractivity (Wildman–Crippen MR) is 37.1 cm³/mol. The van der Waals surface area contributed by atoms with Gasteiger partial charge in [0.25, 0.3) is 0 Å². The Hall–Kier alpha value is -1.32. The molecule has 11 heavy (non-hydrogen) atoms. The number of hydrogen-bond acceptors (Lipinski definition) is 2. The second-order valence-electron chi connectivity index (χ2n) is 1.62. The Morgan fingerprint density at radius 1 is 1.55 bits per heavy atom. The minimum Gasteiger partial charge on any atom is -0.508 e. The molecule has 0 saturated heterocycles. The quantitative estimate of drug-likeness (QED) is 0.508. The van der Waals surface area contributed by atoms with Crippen LogP contribution in [0, 0.1) is 0 Å². The molecular weight excluding hydrogens is 154 g/mol. The molecule has 4 heteroatoms. The minimum atomic E-state index is -2.92. The topological polar surface area (TPSA) is 29.5 Å². The minimum absolute atomic E-state index is 0.268. The zero-order valence-electron chi connectivity index (χ0n) is 5.76. The molecule has 0 fully saturated rings. The normalized spacial score (nSPS) is 11.4. The Kier molecular flexibility index (Phi) is 3.95. The van der Waals surface area contributed by atoms with E-state index in [1.54, 1.807) is 0 Å². The highest BCUT2D eigenvalue weighted by Crippen LogP contribution is 2.06. The number of halogens is 2. The van der Waals surface area contributed by atoms with Crippen LogP contribution in [0.5, 0.6) is 0 Å². The molecule has 0 rings (SSSR count). The van der Waals surface area contributed by atoms with Gasteiger partial charge in [0, 0.05) is 6.08 Å². The van der Waals surface area contributed by atoms with Crippen LogP contribution in [-0.2, 0) is 4.74 Å². The van der Waals surface area contributed by atoms with Crippen molar-refractivity contribution in [3.05, 3.63) is 36.8 Å². The van der Waals surface area contributed by atoms with E-state index in [4.69, 9.17) is 5.11 Å². The van der Waals surface area contributed by atoms with E-state index in [9.17, 15) is 8.78 Å². The van der Waals surface area contributed by atoms with Crippen molar-refractivity contribution in [2.45, 2.75) is 6.61 Å². The van der Waals surface area contributed by atoms with E-state index < -0.39 is 6.61 Å². The van der Waals surface area contributed by atoms with E-state index in [0.29, 0.717) is 0 Å². The summed E-state index contributed by atoms with van der Waals surface area (Å²) < 4.78 is 26.7. The Labute approximate surface area is 63.1 Å². The lowest BCUT2D eigenvalue weighted by Gasteiger charge is -2.02. The maximum absolute atomic E-state index is 11.4. The highest BCUT2D eigenvalue weighted by molar-refractivity contribution is 5.17. The smallest absolute Gasteiger partial charge is 0.387 e. The molecule has 0 aromatic carbocycles. The SMILES string of the molecule is C=C/C(O)=C\C(=C)OC(F)F. The van der Waals surface area contributed by atoms with Crippen LogP contribution in [0.2, 0.25) is 0 Å². The van der Waals surface area contributed by atoms with E-state index in [1.807, 2.05) is 0 Å². The lowest BCUT2D eigenvalue weighted by molar-refractivity contribution is -0.0917. The molecule has 0 heterocycles. The molecule has 0 aromatic rings. The van der Waals surface area contributed by atoms with Crippen LogP contribution in [-0.4, -0.2) is 11.7 Å². The van der Waals surface area contributed by atoms with Gasteiger partial charge in [0.2, 0.25) is 0 Å². The Bertz CT molecular complexity index is 185. The van der Waals surface area contributed by atoms with Gasteiger partial charge in [0.15, 0.2) is 0 Å². The van der Waals surface area contributed by atoms with Crippen molar-refractivity contribution in [2.24, 2.45) is 0 Å². The van der Waals surface area contributed by atoms with E-state index in [0.717, 1.165) is 12.2 Å². The standard InChI is InChI=1S/C7H8F2O2/c1-3-6(10)4-5(2)11-7(8)9/h3-4,7,10H,1-2H2/b6-4+. The van der Waals surface area contributed by atoms with Gasteiger partial charge in [-0.2, -0.15) is 8.78 Å². The molecule has 0 aliphatic rings. The highest BCUT2D eigenvalue weighted by Gasteiger charge is 2.02. The van der Waals surface area contributed by atoms with Crippen LogP contribution in [0.15, 0.2) is 36.8 Å². The summed E-state index contributed by atoms with van der Waals surface area (Å²) in [5.74, 6) is -0.576. The number of ether oxygens (including phenoxy) is 1. The fraction of sp³-hybridized carbons (Fsp3) is 0.143. The molecule has 62 valence electrons. The summed E-state index contributed by atoms with van der Waals surface area (Å²) >= 11 is 0. The molecule has 2 nitrogen and oxygen atoms in total. The number of aliphatic hydroxyl groups excluding tert-OH is 1. The first-order chi connectivity index (χ1) is 5.06. The first-order valence-corrected chi connectivity index (χ1v) is 2.73. The van der Waals surface area contributed by atoms with Gasteiger partial charge in [0.1, 0.15) is 11.5 Å². The van der Waals surface area contributed by atoms with Crippen molar-refractivity contribution in [1.29, 1.82) is 0 Å². The maximum atomic E-state index is 11.4. The maximum Gasteiger partial charge on any atom is 0.387 e. The number of allylic oxidation sites excluding steroid dienone is 2. The fourth-order valence-electron chi connectivity index (χ4n) is 0.372. The first kappa shape index (κ1) is 9.68. The third-order valence-electron chi connectivity index (χ3n) is 0.758. The predicted octanol–water partition coefficient (Wildman–Crippen LogP) is 2.37. The third kappa shape index (κ3) is 5.14. The summed E-state index contributed by atoms with van der Waals surface area (Å²) in [4.78, 5) is 0. The van der Waals surface area contributed by atoms with Crippen molar-refractivity contribution in [3.63, 3.8) is 0 Å². The summed E-state index contributed by atoms with van der Waals surface area (Å²) in [7, 11) is 0. The molecule has 0 aliphatic carbocycles. The number of rotatable bonds is 4. The van der Waals surface area contributed by atoms with Gasteiger partial charge in [-0.15, -0.1) is 0 Å². The van der Waals surface area contributed by atoms with Crippen LogP contribution >= 0.6 is 0 Å². The first-order valence-electron chi connectivity index (χ1n) is 2.73. The van der Waals surface area contributed by atoms with Crippen molar-refractivity contribution >= 4 is 0 Å². The average molecular weight is 162 g/mol. The molecule has 0 spiro atoms. The van der Waals surface area contributed by atoms with Crippen LogP contribution < -0.4 is 0 Å². The summed E-state index contributed by atoms with van der Waals surface area (Å²) in [6, 6.07) is 0. The zero-order chi connectivity index (χ0) is 8.85. The highest BCUT2D eigenvalue weighted by atomic mass is 19.3. The average Bonchev–Trinajstić information content (AvgIpc) is 1.85. The fourth-order valence-corrected chi connectivity index (χ4v) is 0.372. The Morgan fingerprint density at radius 3 is 2.45 bits per heavy atom. The summed E-state index contributed by atoms with van der Waals surface area (Å²) in [5, 5.41) is 8.70. The molecule has 0 radical (unpaired) electrons. The van der Waals surface area contributed by atoms with Crippen molar-refractivity contribution in [3.8, 4) is 0 Å². The van der Waals surface area contributed by atoms with Crippen LogP contribution in [0.3, 0.4) is 0 Å². The number of alkyl halides is 2. The lowest BCUT2D eigenvalue weighted by atomic mass is 10.4. The van der Waals surface area contributed by atoms with Crippen molar-refractivity contribution in [1.82, 2.24) is 0 Å².